The van der Waals surface area contributed by atoms with E-state index in [1.807, 2.05) is 6.92 Å². The molecule has 14 heavy (non-hydrogen) atoms. The van der Waals surface area contributed by atoms with Crippen molar-refractivity contribution in [1.29, 1.82) is 0 Å². The summed E-state index contributed by atoms with van der Waals surface area (Å²) in [6.45, 7) is 2.38. The van der Waals surface area contributed by atoms with Gasteiger partial charge in [0.1, 0.15) is 0 Å². The van der Waals surface area contributed by atoms with Crippen LogP contribution in [0.4, 0.5) is 4.79 Å². The van der Waals surface area contributed by atoms with E-state index in [1.165, 1.54) is 0 Å². The zero-order chi connectivity index (χ0) is 10.6. The minimum atomic E-state index is -0.341. The van der Waals surface area contributed by atoms with Gasteiger partial charge in [0.25, 0.3) is 0 Å². The standard InChI is InChI=1S/C8H16N4O2/c1-2-10-8(13)11-6(5-3-4-5)7(9)12-14/h5-6,14H,2-4H2,1H3,(H2,9,12)(H2,10,11,13). The third kappa shape index (κ3) is 2.79. The molecule has 1 rings (SSSR count). The molecule has 0 heterocycles. The lowest BCUT2D eigenvalue weighted by Crippen LogP contribution is -2.49. The lowest BCUT2D eigenvalue weighted by atomic mass is 10.2. The van der Waals surface area contributed by atoms with Crippen molar-refractivity contribution in [2.24, 2.45) is 16.8 Å². The molecule has 0 radical (unpaired) electrons. The van der Waals surface area contributed by atoms with E-state index in [1.54, 1.807) is 0 Å². The van der Waals surface area contributed by atoms with Gasteiger partial charge in [-0.2, -0.15) is 0 Å². The van der Waals surface area contributed by atoms with Gasteiger partial charge in [0, 0.05) is 6.54 Å². The van der Waals surface area contributed by atoms with Crippen LogP contribution in [-0.4, -0.2) is 29.7 Å². The first kappa shape index (κ1) is 10.6. The fraction of sp³-hybridized carbons (Fsp3) is 0.750. The molecule has 6 nitrogen and oxygen atoms in total. The van der Waals surface area contributed by atoms with Gasteiger partial charge in [0.2, 0.25) is 0 Å². The highest BCUT2D eigenvalue weighted by Gasteiger charge is 2.35. The lowest BCUT2D eigenvalue weighted by Gasteiger charge is -2.16. The minimum absolute atomic E-state index is 0.0683. The van der Waals surface area contributed by atoms with E-state index in [-0.39, 0.29) is 17.9 Å². The molecule has 1 atom stereocenters. The summed E-state index contributed by atoms with van der Waals surface area (Å²) in [6.07, 6.45) is 2.01. The van der Waals surface area contributed by atoms with Gasteiger partial charge in [-0.3, -0.25) is 0 Å². The lowest BCUT2D eigenvalue weighted by molar-refractivity contribution is 0.238. The second kappa shape index (κ2) is 4.69. The van der Waals surface area contributed by atoms with Gasteiger partial charge in [-0.15, -0.1) is 0 Å². The molecule has 0 bridgehead atoms. The molecule has 0 aliphatic heterocycles. The monoisotopic (exact) mass is 200 g/mol. The Bertz CT molecular complexity index is 237. The zero-order valence-electron chi connectivity index (χ0n) is 8.16. The van der Waals surface area contributed by atoms with Gasteiger partial charge in [-0.05, 0) is 25.7 Å². The SMILES string of the molecule is CCNC(=O)NC(C(N)=NO)C1CC1. The first-order chi connectivity index (χ1) is 6.69. The molecule has 1 aliphatic rings. The average Bonchev–Trinajstić information content (AvgIpc) is 2.97. The minimum Gasteiger partial charge on any atom is -0.409 e. The summed E-state index contributed by atoms with van der Waals surface area (Å²) in [6, 6.07) is -0.623. The molecule has 0 aromatic carbocycles. The highest BCUT2D eigenvalue weighted by Crippen LogP contribution is 2.32. The maximum Gasteiger partial charge on any atom is 0.315 e. The summed E-state index contributed by atoms with van der Waals surface area (Å²) in [4.78, 5) is 11.2. The van der Waals surface area contributed by atoms with Crippen molar-refractivity contribution in [3.8, 4) is 0 Å². The molecular weight excluding hydrogens is 184 g/mol. The van der Waals surface area contributed by atoms with Crippen LogP contribution in [0.25, 0.3) is 0 Å². The Labute approximate surface area is 82.5 Å². The van der Waals surface area contributed by atoms with Crippen LogP contribution in [0.2, 0.25) is 0 Å². The predicted molar refractivity (Wildman–Crippen MR) is 52.1 cm³/mol. The largest absolute Gasteiger partial charge is 0.409 e. The Hall–Kier alpha value is -1.46. The van der Waals surface area contributed by atoms with E-state index < -0.39 is 0 Å². The summed E-state index contributed by atoms with van der Waals surface area (Å²) >= 11 is 0. The van der Waals surface area contributed by atoms with Crippen molar-refractivity contribution in [2.45, 2.75) is 25.8 Å². The number of rotatable bonds is 4. The van der Waals surface area contributed by atoms with Crippen molar-refractivity contribution < 1.29 is 10.0 Å². The number of nitrogens with zero attached hydrogens (tertiary/aromatic N) is 1. The quantitative estimate of drug-likeness (QED) is 0.219. The Morgan fingerprint density at radius 1 is 1.71 bits per heavy atom. The first-order valence-corrected chi connectivity index (χ1v) is 4.70. The molecule has 6 heteroatoms. The van der Waals surface area contributed by atoms with Crippen LogP contribution in [-0.2, 0) is 0 Å². The Kier molecular flexibility index (Phi) is 3.55. The third-order valence-electron chi connectivity index (χ3n) is 2.15. The highest BCUT2D eigenvalue weighted by molar-refractivity contribution is 5.90. The number of amidine groups is 1. The van der Waals surface area contributed by atoms with Crippen molar-refractivity contribution in [2.75, 3.05) is 6.54 Å². The second-order valence-corrected chi connectivity index (χ2v) is 3.34. The number of amides is 2. The molecule has 80 valence electrons. The molecule has 0 aromatic heterocycles. The average molecular weight is 200 g/mol. The number of hydrogen-bond donors (Lipinski definition) is 4. The van der Waals surface area contributed by atoms with E-state index in [9.17, 15) is 4.79 Å². The van der Waals surface area contributed by atoms with Gasteiger partial charge >= 0.3 is 6.03 Å². The maximum absolute atomic E-state index is 11.2. The molecular formula is C8H16N4O2. The van der Waals surface area contributed by atoms with Gasteiger partial charge in [-0.1, -0.05) is 5.16 Å². The number of hydrogen-bond acceptors (Lipinski definition) is 3. The number of nitrogens with one attached hydrogen (secondary N) is 2. The predicted octanol–water partition coefficient (Wildman–Crippen LogP) is -0.169. The maximum atomic E-state index is 11.2. The molecule has 1 aliphatic carbocycles. The van der Waals surface area contributed by atoms with E-state index in [2.05, 4.69) is 15.8 Å². The molecule has 1 unspecified atom stereocenters. The van der Waals surface area contributed by atoms with E-state index >= 15 is 0 Å². The molecule has 0 spiro atoms. The smallest absolute Gasteiger partial charge is 0.315 e. The number of nitrogens with two attached hydrogens (primary N) is 1. The highest BCUT2D eigenvalue weighted by atomic mass is 16.4. The van der Waals surface area contributed by atoms with Gasteiger partial charge in [-0.25, -0.2) is 4.79 Å². The van der Waals surface area contributed by atoms with Crippen molar-refractivity contribution >= 4 is 11.9 Å². The number of oxime groups is 1. The Morgan fingerprint density at radius 2 is 2.36 bits per heavy atom. The summed E-state index contributed by atoms with van der Waals surface area (Å²) in [5.74, 6) is 0.382. The summed E-state index contributed by atoms with van der Waals surface area (Å²) in [7, 11) is 0. The van der Waals surface area contributed by atoms with Gasteiger partial charge in [0.15, 0.2) is 5.84 Å². The van der Waals surface area contributed by atoms with Crippen LogP contribution < -0.4 is 16.4 Å². The summed E-state index contributed by atoms with van der Waals surface area (Å²) in [5.41, 5.74) is 5.46. The summed E-state index contributed by atoms with van der Waals surface area (Å²) in [5, 5.41) is 16.7. The topological polar surface area (TPSA) is 99.7 Å². The van der Waals surface area contributed by atoms with Crippen LogP contribution >= 0.6 is 0 Å². The number of carbonyl (C=O) groups excluding carboxylic acids is 1. The van der Waals surface area contributed by atoms with Gasteiger partial charge < -0.3 is 21.6 Å². The Morgan fingerprint density at radius 3 is 2.79 bits per heavy atom. The number of urea groups is 1. The molecule has 1 saturated carbocycles. The number of carbonyl (C=O) groups is 1. The normalized spacial score (nSPS) is 18.8. The fourth-order valence-electron chi connectivity index (χ4n) is 1.28. The molecule has 0 saturated heterocycles. The zero-order valence-corrected chi connectivity index (χ0v) is 8.16. The van der Waals surface area contributed by atoms with Crippen LogP contribution in [0, 0.1) is 5.92 Å². The second-order valence-electron chi connectivity index (χ2n) is 3.34. The van der Waals surface area contributed by atoms with Crippen molar-refractivity contribution in [1.82, 2.24) is 10.6 Å². The Balaban J connectivity index is 2.47. The fourth-order valence-corrected chi connectivity index (χ4v) is 1.28. The molecule has 5 N–H and O–H groups in total. The summed E-state index contributed by atoms with van der Waals surface area (Å²) < 4.78 is 0. The molecule has 1 fully saturated rings. The molecule has 2 amide bonds. The van der Waals surface area contributed by atoms with E-state index in [0.29, 0.717) is 12.5 Å². The van der Waals surface area contributed by atoms with Crippen LogP contribution in [0.3, 0.4) is 0 Å². The van der Waals surface area contributed by atoms with Gasteiger partial charge in [0.05, 0.1) is 6.04 Å². The first-order valence-electron chi connectivity index (χ1n) is 4.70. The molecule has 0 aromatic rings. The van der Waals surface area contributed by atoms with E-state index in [4.69, 9.17) is 10.9 Å². The van der Waals surface area contributed by atoms with E-state index in [0.717, 1.165) is 12.8 Å². The van der Waals surface area contributed by atoms with Crippen molar-refractivity contribution in [3.63, 3.8) is 0 Å². The van der Waals surface area contributed by atoms with Crippen LogP contribution in [0.5, 0.6) is 0 Å². The van der Waals surface area contributed by atoms with Crippen molar-refractivity contribution in [3.05, 3.63) is 0 Å². The van der Waals surface area contributed by atoms with Crippen LogP contribution in [0.15, 0.2) is 5.16 Å². The van der Waals surface area contributed by atoms with Crippen LogP contribution in [0.1, 0.15) is 19.8 Å². The third-order valence-corrected chi connectivity index (χ3v) is 2.15.